The average Bonchev–Trinajstić information content (AvgIpc) is 2.93. The molecular weight excluding hydrogens is 340 g/mol. The molecule has 2 aromatic rings. The van der Waals surface area contributed by atoms with Gasteiger partial charge in [0.1, 0.15) is 0 Å². The fraction of sp³-hybridized carbons (Fsp3) is 0.364. The zero-order chi connectivity index (χ0) is 19.2. The molecule has 0 radical (unpaired) electrons. The van der Waals surface area contributed by atoms with Crippen LogP contribution >= 0.6 is 0 Å². The number of ether oxygens (including phenoxy) is 1. The summed E-state index contributed by atoms with van der Waals surface area (Å²) in [6.45, 7) is 4.89. The van der Waals surface area contributed by atoms with Gasteiger partial charge in [-0.3, -0.25) is 9.59 Å². The van der Waals surface area contributed by atoms with Crippen LogP contribution in [0.5, 0.6) is 0 Å². The molecule has 3 rings (SSSR count). The van der Waals surface area contributed by atoms with Crippen molar-refractivity contribution in [1.29, 1.82) is 0 Å². The summed E-state index contributed by atoms with van der Waals surface area (Å²) in [4.78, 5) is 29.4. The molecule has 142 valence electrons. The predicted octanol–water partition coefficient (Wildman–Crippen LogP) is 3.13. The summed E-state index contributed by atoms with van der Waals surface area (Å²) in [6, 6.07) is 15.2. The molecule has 5 heteroatoms. The van der Waals surface area contributed by atoms with Crippen LogP contribution in [-0.2, 0) is 11.3 Å². The number of carbonyl (C=O) groups is 2. The normalized spacial score (nSPS) is 14.7. The van der Waals surface area contributed by atoms with Crippen LogP contribution in [0.1, 0.15) is 38.3 Å². The second-order valence-corrected chi connectivity index (χ2v) is 6.94. The van der Waals surface area contributed by atoms with Gasteiger partial charge < -0.3 is 14.5 Å². The smallest absolute Gasteiger partial charge is 0.253 e. The summed E-state index contributed by atoms with van der Waals surface area (Å²) in [6.07, 6.45) is 0.779. The number of benzene rings is 2. The lowest BCUT2D eigenvalue weighted by molar-refractivity contribution is 0.0718. The molecule has 0 unspecified atom stereocenters. The van der Waals surface area contributed by atoms with Crippen molar-refractivity contribution in [3.8, 4) is 0 Å². The number of hydrogen-bond acceptors (Lipinski definition) is 3. The lowest BCUT2D eigenvalue weighted by Crippen LogP contribution is -2.37. The molecule has 0 aliphatic carbocycles. The van der Waals surface area contributed by atoms with Gasteiger partial charge in [0.15, 0.2) is 0 Å². The maximum Gasteiger partial charge on any atom is 0.253 e. The van der Waals surface area contributed by atoms with Crippen molar-refractivity contribution in [3.05, 3.63) is 70.8 Å². The lowest BCUT2D eigenvalue weighted by atomic mass is 10.1. The minimum Gasteiger partial charge on any atom is -0.380 e. The monoisotopic (exact) mass is 366 g/mol. The second kappa shape index (κ2) is 8.82. The number of aryl methyl sites for hydroxylation is 1. The van der Waals surface area contributed by atoms with Crippen LogP contribution in [0.15, 0.2) is 48.5 Å². The number of rotatable bonds is 4. The molecular formula is C22H26N2O3. The summed E-state index contributed by atoms with van der Waals surface area (Å²) in [5.74, 6) is 0.0490. The summed E-state index contributed by atoms with van der Waals surface area (Å²) in [5, 5.41) is 0. The standard InChI is InChI=1S/C22H26N2O3/c1-17-6-3-8-19(14-17)21(25)23-10-5-11-24(13-12-23)22(26)20-9-4-7-18(15-20)16-27-2/h3-4,6-9,14-15H,5,10-13,16H2,1-2H3. The van der Waals surface area contributed by atoms with Crippen LogP contribution in [0, 0.1) is 6.92 Å². The van der Waals surface area contributed by atoms with Crippen molar-refractivity contribution in [2.24, 2.45) is 0 Å². The Hall–Kier alpha value is -2.66. The number of nitrogens with zero attached hydrogens (tertiary/aromatic N) is 2. The van der Waals surface area contributed by atoms with Gasteiger partial charge in [-0.1, -0.05) is 29.8 Å². The highest BCUT2D eigenvalue weighted by Gasteiger charge is 2.23. The molecule has 0 atom stereocenters. The SMILES string of the molecule is COCc1cccc(C(=O)N2CCCN(C(=O)c3cccc(C)c3)CC2)c1. The Morgan fingerprint density at radius 1 is 0.889 bits per heavy atom. The molecule has 1 fully saturated rings. The molecule has 1 saturated heterocycles. The topological polar surface area (TPSA) is 49.9 Å². The maximum absolute atomic E-state index is 12.9. The van der Waals surface area contributed by atoms with Gasteiger partial charge in [-0.2, -0.15) is 0 Å². The third-order valence-corrected chi connectivity index (χ3v) is 4.82. The Kier molecular flexibility index (Phi) is 6.24. The number of methoxy groups -OCH3 is 1. The summed E-state index contributed by atoms with van der Waals surface area (Å²) in [7, 11) is 1.64. The summed E-state index contributed by atoms with van der Waals surface area (Å²) < 4.78 is 5.15. The van der Waals surface area contributed by atoms with Crippen LogP contribution in [0.4, 0.5) is 0 Å². The van der Waals surface area contributed by atoms with E-state index < -0.39 is 0 Å². The Balaban J connectivity index is 1.66. The summed E-state index contributed by atoms with van der Waals surface area (Å²) in [5.41, 5.74) is 3.43. The van der Waals surface area contributed by atoms with Gasteiger partial charge in [-0.05, 0) is 43.2 Å². The van der Waals surface area contributed by atoms with Gasteiger partial charge in [0.25, 0.3) is 11.8 Å². The minimum atomic E-state index is 0.0119. The maximum atomic E-state index is 12.9. The van der Waals surface area contributed by atoms with E-state index in [0.29, 0.717) is 43.9 Å². The molecule has 2 aromatic carbocycles. The lowest BCUT2D eigenvalue weighted by Gasteiger charge is -2.22. The average molecular weight is 366 g/mol. The fourth-order valence-electron chi connectivity index (χ4n) is 3.43. The highest BCUT2D eigenvalue weighted by atomic mass is 16.5. The van der Waals surface area contributed by atoms with Crippen LogP contribution in [0.3, 0.4) is 0 Å². The molecule has 0 aromatic heterocycles. The van der Waals surface area contributed by atoms with Crippen molar-refractivity contribution >= 4 is 11.8 Å². The van der Waals surface area contributed by atoms with E-state index in [-0.39, 0.29) is 11.8 Å². The van der Waals surface area contributed by atoms with Crippen molar-refractivity contribution in [2.75, 3.05) is 33.3 Å². The van der Waals surface area contributed by atoms with Crippen LogP contribution in [0.2, 0.25) is 0 Å². The van der Waals surface area contributed by atoms with E-state index in [1.54, 1.807) is 7.11 Å². The first-order valence-corrected chi connectivity index (χ1v) is 9.31. The van der Waals surface area contributed by atoms with Crippen molar-refractivity contribution in [1.82, 2.24) is 9.80 Å². The van der Waals surface area contributed by atoms with E-state index in [9.17, 15) is 9.59 Å². The van der Waals surface area contributed by atoms with Gasteiger partial charge >= 0.3 is 0 Å². The third-order valence-electron chi connectivity index (χ3n) is 4.82. The first-order chi connectivity index (χ1) is 13.1. The van der Waals surface area contributed by atoms with E-state index in [1.807, 2.05) is 65.3 Å². The molecule has 0 spiro atoms. The van der Waals surface area contributed by atoms with Crippen LogP contribution in [0.25, 0.3) is 0 Å². The fourth-order valence-corrected chi connectivity index (χ4v) is 3.43. The largest absolute Gasteiger partial charge is 0.380 e. The molecule has 0 saturated carbocycles. The van der Waals surface area contributed by atoms with Crippen molar-refractivity contribution in [3.63, 3.8) is 0 Å². The van der Waals surface area contributed by atoms with E-state index in [2.05, 4.69) is 0 Å². The molecule has 1 aliphatic heterocycles. The Morgan fingerprint density at radius 3 is 2.07 bits per heavy atom. The number of carbonyl (C=O) groups excluding carboxylic acids is 2. The van der Waals surface area contributed by atoms with E-state index in [1.165, 1.54) is 0 Å². The quantitative estimate of drug-likeness (QED) is 0.835. The van der Waals surface area contributed by atoms with Gasteiger partial charge in [-0.25, -0.2) is 0 Å². The zero-order valence-electron chi connectivity index (χ0n) is 16.0. The van der Waals surface area contributed by atoms with E-state index >= 15 is 0 Å². The molecule has 5 nitrogen and oxygen atoms in total. The molecule has 0 N–H and O–H groups in total. The third kappa shape index (κ3) is 4.74. The number of amides is 2. The van der Waals surface area contributed by atoms with Gasteiger partial charge in [0, 0.05) is 44.4 Å². The van der Waals surface area contributed by atoms with Crippen molar-refractivity contribution < 1.29 is 14.3 Å². The highest BCUT2D eigenvalue weighted by Crippen LogP contribution is 2.14. The van der Waals surface area contributed by atoms with Gasteiger partial charge in [-0.15, -0.1) is 0 Å². The van der Waals surface area contributed by atoms with Crippen molar-refractivity contribution in [2.45, 2.75) is 20.0 Å². The Bertz CT molecular complexity index is 819. The predicted molar refractivity (Wildman–Crippen MR) is 105 cm³/mol. The van der Waals surface area contributed by atoms with Gasteiger partial charge in [0.05, 0.1) is 6.61 Å². The molecule has 2 amide bonds. The minimum absolute atomic E-state index is 0.0119. The highest BCUT2D eigenvalue weighted by molar-refractivity contribution is 5.95. The van der Waals surface area contributed by atoms with E-state index in [0.717, 1.165) is 17.5 Å². The Labute approximate surface area is 160 Å². The second-order valence-electron chi connectivity index (χ2n) is 6.94. The Morgan fingerprint density at radius 2 is 1.48 bits per heavy atom. The zero-order valence-corrected chi connectivity index (χ0v) is 16.0. The molecule has 1 aliphatic rings. The first-order valence-electron chi connectivity index (χ1n) is 9.31. The first kappa shape index (κ1) is 19.1. The molecule has 27 heavy (non-hydrogen) atoms. The van der Waals surface area contributed by atoms with Gasteiger partial charge in [0.2, 0.25) is 0 Å². The summed E-state index contributed by atoms with van der Waals surface area (Å²) >= 11 is 0. The van der Waals surface area contributed by atoms with Crippen LogP contribution in [-0.4, -0.2) is 54.9 Å². The van der Waals surface area contributed by atoms with E-state index in [4.69, 9.17) is 4.74 Å². The molecule has 0 bridgehead atoms. The molecule has 1 heterocycles. The number of hydrogen-bond donors (Lipinski definition) is 0. The van der Waals surface area contributed by atoms with Crippen LogP contribution < -0.4 is 0 Å².